The maximum atomic E-state index is 13.2. The number of nitriles is 1. The van der Waals surface area contributed by atoms with Gasteiger partial charge in [0.2, 0.25) is 0 Å². The standard InChI is InChI=1S/C20H15ClFN5O/c21-18-9-16(6-3-14(18)10-23)25-20(28)26-7-8-27-19(12-26)17(11-24-27)13-1-4-15(22)5-2-13/h1-6,9,11H,7-8,12H2,(H,25,28). The first-order valence-electron chi connectivity index (χ1n) is 8.61. The zero-order valence-corrected chi connectivity index (χ0v) is 15.4. The summed E-state index contributed by atoms with van der Waals surface area (Å²) < 4.78 is 15.1. The Kier molecular flexibility index (Phi) is 4.72. The summed E-state index contributed by atoms with van der Waals surface area (Å²) >= 11 is 6.03. The predicted octanol–water partition coefficient (Wildman–Crippen LogP) is 4.26. The van der Waals surface area contributed by atoms with Crippen LogP contribution in [0.15, 0.2) is 48.7 Å². The Hall–Kier alpha value is -3.37. The van der Waals surface area contributed by atoms with Crippen molar-refractivity contribution in [2.24, 2.45) is 0 Å². The van der Waals surface area contributed by atoms with Gasteiger partial charge in [-0.25, -0.2) is 9.18 Å². The molecule has 140 valence electrons. The van der Waals surface area contributed by atoms with Gasteiger partial charge in [-0.2, -0.15) is 10.4 Å². The fourth-order valence-electron chi connectivity index (χ4n) is 3.18. The van der Waals surface area contributed by atoms with Gasteiger partial charge in [0.05, 0.1) is 35.6 Å². The van der Waals surface area contributed by atoms with E-state index in [1.807, 2.05) is 10.8 Å². The molecular formula is C20H15ClFN5O. The number of nitrogens with zero attached hydrogens (tertiary/aromatic N) is 4. The average molecular weight is 396 g/mol. The second kappa shape index (κ2) is 7.33. The minimum atomic E-state index is -0.299. The molecule has 0 bridgehead atoms. The van der Waals surface area contributed by atoms with E-state index in [2.05, 4.69) is 10.4 Å². The first kappa shape index (κ1) is 18.0. The van der Waals surface area contributed by atoms with Crippen LogP contribution in [0.4, 0.5) is 14.9 Å². The maximum absolute atomic E-state index is 13.2. The number of halogens is 2. The average Bonchev–Trinajstić information content (AvgIpc) is 3.12. The molecule has 3 aromatic rings. The Labute approximate surface area is 165 Å². The van der Waals surface area contributed by atoms with E-state index < -0.39 is 0 Å². The lowest BCUT2D eigenvalue weighted by Gasteiger charge is -2.28. The molecule has 0 unspecified atom stereocenters. The zero-order chi connectivity index (χ0) is 19.7. The number of hydrogen-bond acceptors (Lipinski definition) is 3. The van der Waals surface area contributed by atoms with Gasteiger partial charge in [-0.3, -0.25) is 4.68 Å². The van der Waals surface area contributed by atoms with E-state index in [1.165, 1.54) is 12.1 Å². The summed E-state index contributed by atoms with van der Waals surface area (Å²) in [6.07, 6.45) is 1.74. The molecule has 0 saturated heterocycles. The van der Waals surface area contributed by atoms with E-state index in [1.54, 1.807) is 41.4 Å². The third-order valence-electron chi connectivity index (χ3n) is 4.65. The van der Waals surface area contributed by atoms with Crippen LogP contribution >= 0.6 is 11.6 Å². The Morgan fingerprint density at radius 2 is 2.00 bits per heavy atom. The van der Waals surface area contributed by atoms with E-state index >= 15 is 0 Å². The molecule has 28 heavy (non-hydrogen) atoms. The topological polar surface area (TPSA) is 74.0 Å². The van der Waals surface area contributed by atoms with Crippen LogP contribution in [-0.2, 0) is 13.1 Å². The van der Waals surface area contributed by atoms with E-state index in [0.717, 1.165) is 16.8 Å². The van der Waals surface area contributed by atoms with Gasteiger partial charge in [-0.1, -0.05) is 23.7 Å². The number of anilines is 1. The fraction of sp³-hybridized carbons (Fsp3) is 0.150. The van der Waals surface area contributed by atoms with Gasteiger partial charge in [0.15, 0.2) is 0 Å². The van der Waals surface area contributed by atoms with Crippen LogP contribution in [0.1, 0.15) is 11.3 Å². The molecular weight excluding hydrogens is 381 g/mol. The smallest absolute Gasteiger partial charge is 0.317 e. The van der Waals surface area contributed by atoms with Gasteiger partial charge in [-0.15, -0.1) is 0 Å². The van der Waals surface area contributed by atoms with Gasteiger partial charge in [0, 0.05) is 17.8 Å². The van der Waals surface area contributed by atoms with Crippen LogP contribution in [0.25, 0.3) is 11.1 Å². The van der Waals surface area contributed by atoms with Crippen molar-refractivity contribution in [1.82, 2.24) is 14.7 Å². The summed E-state index contributed by atoms with van der Waals surface area (Å²) in [6.45, 7) is 1.45. The second-order valence-electron chi connectivity index (χ2n) is 6.39. The molecule has 0 radical (unpaired) electrons. The van der Waals surface area contributed by atoms with Crippen molar-refractivity contribution in [3.05, 3.63) is 70.8 Å². The molecule has 4 rings (SSSR count). The summed E-state index contributed by atoms with van der Waals surface area (Å²) in [5, 5.41) is 16.4. The first-order valence-corrected chi connectivity index (χ1v) is 8.99. The molecule has 1 aliphatic heterocycles. The number of aromatic nitrogens is 2. The van der Waals surface area contributed by atoms with Crippen molar-refractivity contribution in [3.8, 4) is 17.2 Å². The van der Waals surface area contributed by atoms with E-state index in [9.17, 15) is 9.18 Å². The van der Waals surface area contributed by atoms with Crippen LogP contribution in [0.5, 0.6) is 0 Å². The summed E-state index contributed by atoms with van der Waals surface area (Å²) in [7, 11) is 0. The molecule has 2 aromatic carbocycles. The molecule has 0 saturated carbocycles. The van der Waals surface area contributed by atoms with E-state index in [0.29, 0.717) is 30.9 Å². The monoisotopic (exact) mass is 395 g/mol. The van der Waals surface area contributed by atoms with E-state index in [-0.39, 0.29) is 16.9 Å². The normalized spacial score (nSPS) is 13.0. The number of carbonyl (C=O) groups is 1. The van der Waals surface area contributed by atoms with Crippen molar-refractivity contribution in [3.63, 3.8) is 0 Å². The van der Waals surface area contributed by atoms with Crippen LogP contribution < -0.4 is 5.32 Å². The number of urea groups is 1. The minimum absolute atomic E-state index is 0.265. The number of rotatable bonds is 2. The molecule has 1 N–H and O–H groups in total. The Balaban J connectivity index is 1.53. The molecule has 2 amide bonds. The van der Waals surface area contributed by atoms with Gasteiger partial charge in [0.25, 0.3) is 0 Å². The van der Waals surface area contributed by atoms with Crippen LogP contribution in [0, 0.1) is 17.1 Å². The lowest BCUT2D eigenvalue weighted by atomic mass is 10.1. The zero-order valence-electron chi connectivity index (χ0n) is 14.7. The van der Waals surface area contributed by atoms with Crippen molar-refractivity contribution < 1.29 is 9.18 Å². The molecule has 2 heterocycles. The first-order chi connectivity index (χ1) is 13.5. The molecule has 0 spiro atoms. The highest BCUT2D eigenvalue weighted by molar-refractivity contribution is 6.32. The van der Waals surface area contributed by atoms with Crippen LogP contribution in [0.3, 0.4) is 0 Å². The third-order valence-corrected chi connectivity index (χ3v) is 4.97. The number of carbonyl (C=O) groups excluding carboxylic acids is 1. The van der Waals surface area contributed by atoms with Crippen LogP contribution in [-0.4, -0.2) is 27.3 Å². The van der Waals surface area contributed by atoms with Crippen LogP contribution in [0.2, 0.25) is 5.02 Å². The number of benzene rings is 2. The number of fused-ring (bicyclic) bond motifs is 1. The quantitative estimate of drug-likeness (QED) is 0.704. The predicted molar refractivity (Wildman–Crippen MR) is 103 cm³/mol. The highest BCUT2D eigenvalue weighted by Gasteiger charge is 2.24. The lowest BCUT2D eigenvalue weighted by Crippen LogP contribution is -2.41. The summed E-state index contributed by atoms with van der Waals surface area (Å²) in [5.41, 5.74) is 3.49. The minimum Gasteiger partial charge on any atom is -0.317 e. The highest BCUT2D eigenvalue weighted by atomic mass is 35.5. The SMILES string of the molecule is N#Cc1ccc(NC(=O)N2CCn3ncc(-c4ccc(F)cc4)c3C2)cc1Cl. The van der Waals surface area contributed by atoms with Crippen molar-refractivity contribution in [2.45, 2.75) is 13.1 Å². The van der Waals surface area contributed by atoms with Gasteiger partial charge in [0.1, 0.15) is 11.9 Å². The van der Waals surface area contributed by atoms with Crippen molar-refractivity contribution in [1.29, 1.82) is 5.26 Å². The molecule has 0 atom stereocenters. The molecule has 8 heteroatoms. The number of hydrogen-bond donors (Lipinski definition) is 1. The van der Waals surface area contributed by atoms with Crippen molar-refractivity contribution in [2.75, 3.05) is 11.9 Å². The molecule has 1 aromatic heterocycles. The summed E-state index contributed by atoms with van der Waals surface area (Å²) in [4.78, 5) is 14.4. The largest absolute Gasteiger partial charge is 0.322 e. The van der Waals surface area contributed by atoms with E-state index in [4.69, 9.17) is 16.9 Å². The van der Waals surface area contributed by atoms with Gasteiger partial charge < -0.3 is 10.2 Å². The fourth-order valence-corrected chi connectivity index (χ4v) is 3.40. The number of amides is 2. The van der Waals surface area contributed by atoms with Crippen molar-refractivity contribution >= 4 is 23.3 Å². The highest BCUT2D eigenvalue weighted by Crippen LogP contribution is 2.27. The lowest BCUT2D eigenvalue weighted by molar-refractivity contribution is 0.194. The molecule has 0 fully saturated rings. The Morgan fingerprint density at radius 1 is 1.21 bits per heavy atom. The summed E-state index contributed by atoms with van der Waals surface area (Å²) in [5.74, 6) is -0.299. The van der Waals surface area contributed by atoms with Gasteiger partial charge in [-0.05, 0) is 35.9 Å². The Bertz CT molecular complexity index is 1090. The molecule has 0 aliphatic carbocycles. The molecule has 1 aliphatic rings. The second-order valence-corrected chi connectivity index (χ2v) is 6.80. The number of nitrogens with one attached hydrogen (secondary N) is 1. The Morgan fingerprint density at radius 3 is 2.71 bits per heavy atom. The molecule has 6 nitrogen and oxygen atoms in total. The third kappa shape index (κ3) is 3.42. The summed E-state index contributed by atoms with van der Waals surface area (Å²) in [6, 6.07) is 12.7. The maximum Gasteiger partial charge on any atom is 0.322 e. The van der Waals surface area contributed by atoms with Gasteiger partial charge >= 0.3 is 6.03 Å².